The van der Waals surface area contributed by atoms with Crippen LogP contribution in [-0.4, -0.2) is 85.5 Å². The van der Waals surface area contributed by atoms with Gasteiger partial charge in [0.15, 0.2) is 11.5 Å². The third-order valence-corrected chi connectivity index (χ3v) is 7.44. The van der Waals surface area contributed by atoms with Crippen molar-refractivity contribution < 1.29 is 23.9 Å². The minimum Gasteiger partial charge on any atom is -0.493 e. The van der Waals surface area contributed by atoms with Crippen LogP contribution in [0.3, 0.4) is 0 Å². The summed E-state index contributed by atoms with van der Waals surface area (Å²) >= 11 is 0. The molecule has 0 spiro atoms. The molecule has 4 rings (SSSR count). The van der Waals surface area contributed by atoms with Gasteiger partial charge in [0.05, 0.1) is 27.2 Å². The lowest BCUT2D eigenvalue weighted by atomic mass is 9.83. The van der Waals surface area contributed by atoms with Crippen LogP contribution in [0.2, 0.25) is 0 Å². The molecule has 1 aromatic carbocycles. The predicted octanol–water partition coefficient (Wildman–Crippen LogP) is 2.24. The lowest BCUT2D eigenvalue weighted by Crippen LogP contribution is -2.51. The molecule has 3 aliphatic heterocycles. The molecule has 9 heteroatoms. The summed E-state index contributed by atoms with van der Waals surface area (Å²) in [6.07, 6.45) is 6.01. The first kappa shape index (κ1) is 24.3. The number of amides is 4. The van der Waals surface area contributed by atoms with Crippen molar-refractivity contribution in [3.05, 3.63) is 23.8 Å². The molecule has 3 heterocycles. The molecule has 0 unspecified atom stereocenters. The molecule has 0 radical (unpaired) electrons. The number of nitrogens with one attached hydrogen (secondary N) is 1. The summed E-state index contributed by atoms with van der Waals surface area (Å²) in [5.74, 6) is 1.08. The number of fused-ring (bicyclic) bond motifs is 1. The van der Waals surface area contributed by atoms with E-state index in [1.54, 1.807) is 30.2 Å². The second-order valence-electron chi connectivity index (χ2n) is 9.60. The number of nitrogens with zero attached hydrogens (tertiary/aromatic N) is 3. The Bertz CT molecular complexity index is 921. The standard InChI is InChI=1S/C25H36N4O5/c1-27(16-18-7-6-12-28-11-5-4-8-20(18)28)23(30)14-19-24(31)29(25(32)26-19)15-17-9-10-21(33-2)22(13-17)34-3/h9-10,13,18-20H,4-8,11-12,14-16H2,1-3H3,(H,26,32)/t18-,19-,20+/m1/s1. The molecule has 4 amide bonds. The second-order valence-corrected chi connectivity index (χ2v) is 9.60. The van der Waals surface area contributed by atoms with Gasteiger partial charge in [-0.1, -0.05) is 12.5 Å². The molecular weight excluding hydrogens is 436 g/mol. The van der Waals surface area contributed by atoms with E-state index < -0.39 is 12.1 Å². The van der Waals surface area contributed by atoms with Crippen molar-refractivity contribution in [1.29, 1.82) is 0 Å². The van der Waals surface area contributed by atoms with Gasteiger partial charge >= 0.3 is 6.03 Å². The number of methoxy groups -OCH3 is 2. The number of benzene rings is 1. The molecule has 3 saturated heterocycles. The minimum atomic E-state index is -0.833. The van der Waals surface area contributed by atoms with Crippen LogP contribution in [-0.2, 0) is 16.1 Å². The molecule has 3 fully saturated rings. The van der Waals surface area contributed by atoms with Gasteiger partial charge < -0.3 is 24.6 Å². The van der Waals surface area contributed by atoms with Gasteiger partial charge in [-0.3, -0.25) is 14.5 Å². The van der Waals surface area contributed by atoms with Crippen LogP contribution in [0.1, 0.15) is 44.1 Å². The molecule has 186 valence electrons. The van der Waals surface area contributed by atoms with E-state index in [1.165, 1.54) is 32.8 Å². The lowest BCUT2D eigenvalue weighted by Gasteiger charge is -2.45. The smallest absolute Gasteiger partial charge is 0.325 e. The molecule has 3 atom stereocenters. The quantitative estimate of drug-likeness (QED) is 0.584. The third kappa shape index (κ3) is 5.14. The lowest BCUT2D eigenvalue weighted by molar-refractivity contribution is -0.135. The van der Waals surface area contributed by atoms with E-state index in [-0.39, 0.29) is 24.8 Å². The molecule has 0 bridgehead atoms. The molecule has 1 aromatic rings. The van der Waals surface area contributed by atoms with Gasteiger partial charge in [0.25, 0.3) is 5.91 Å². The average Bonchev–Trinajstić information content (AvgIpc) is 3.11. The Morgan fingerprint density at radius 2 is 1.85 bits per heavy atom. The first-order chi connectivity index (χ1) is 16.4. The normalized spacial score (nSPS) is 25.0. The Hall–Kier alpha value is -2.81. The summed E-state index contributed by atoms with van der Waals surface area (Å²) in [4.78, 5) is 43.9. The highest BCUT2D eigenvalue weighted by atomic mass is 16.5. The van der Waals surface area contributed by atoms with Gasteiger partial charge in [-0.15, -0.1) is 0 Å². The highest BCUT2D eigenvalue weighted by Gasteiger charge is 2.40. The van der Waals surface area contributed by atoms with Crippen molar-refractivity contribution >= 4 is 17.8 Å². The van der Waals surface area contributed by atoms with Crippen LogP contribution < -0.4 is 14.8 Å². The number of piperidine rings is 2. The fraction of sp³-hybridized carbons (Fsp3) is 0.640. The summed E-state index contributed by atoms with van der Waals surface area (Å²) in [5.41, 5.74) is 0.736. The van der Waals surface area contributed by atoms with Crippen LogP contribution >= 0.6 is 0 Å². The zero-order valence-electron chi connectivity index (χ0n) is 20.4. The Balaban J connectivity index is 1.33. The molecule has 34 heavy (non-hydrogen) atoms. The molecule has 3 aliphatic rings. The van der Waals surface area contributed by atoms with Crippen LogP contribution in [0.25, 0.3) is 0 Å². The topological polar surface area (TPSA) is 91.4 Å². The maximum absolute atomic E-state index is 13.0. The van der Waals surface area contributed by atoms with E-state index in [4.69, 9.17) is 9.47 Å². The van der Waals surface area contributed by atoms with E-state index in [9.17, 15) is 14.4 Å². The summed E-state index contributed by atoms with van der Waals surface area (Å²) < 4.78 is 10.5. The monoisotopic (exact) mass is 472 g/mol. The number of carbonyl (C=O) groups is 3. The van der Waals surface area contributed by atoms with Crippen molar-refractivity contribution in [2.75, 3.05) is 40.9 Å². The molecule has 1 N–H and O–H groups in total. The molecule has 0 saturated carbocycles. The first-order valence-corrected chi connectivity index (χ1v) is 12.2. The second kappa shape index (κ2) is 10.6. The Kier molecular flexibility index (Phi) is 7.60. The molecule has 0 aliphatic carbocycles. The van der Waals surface area contributed by atoms with Gasteiger partial charge in [-0.25, -0.2) is 4.79 Å². The van der Waals surface area contributed by atoms with E-state index >= 15 is 0 Å². The maximum Gasteiger partial charge on any atom is 0.325 e. The van der Waals surface area contributed by atoms with Crippen molar-refractivity contribution in [3.63, 3.8) is 0 Å². The zero-order chi connectivity index (χ0) is 24.2. The fourth-order valence-corrected chi connectivity index (χ4v) is 5.60. The van der Waals surface area contributed by atoms with Crippen LogP contribution in [0.5, 0.6) is 11.5 Å². The van der Waals surface area contributed by atoms with E-state index in [0.29, 0.717) is 30.0 Å². The average molecular weight is 473 g/mol. The predicted molar refractivity (Wildman–Crippen MR) is 127 cm³/mol. The number of imide groups is 1. The summed E-state index contributed by atoms with van der Waals surface area (Å²) in [6.45, 7) is 3.13. The SMILES string of the molecule is COc1ccc(CN2C(=O)N[C@H](CC(=O)N(C)C[C@H]3CCCN4CCCC[C@@H]34)C2=O)cc1OC. The van der Waals surface area contributed by atoms with Gasteiger partial charge in [0.2, 0.25) is 5.91 Å². The van der Waals surface area contributed by atoms with Gasteiger partial charge in [0, 0.05) is 19.6 Å². The first-order valence-electron chi connectivity index (χ1n) is 12.2. The van der Waals surface area contributed by atoms with Crippen LogP contribution in [0, 0.1) is 5.92 Å². The largest absolute Gasteiger partial charge is 0.493 e. The summed E-state index contributed by atoms with van der Waals surface area (Å²) in [7, 11) is 4.90. The Labute approximate surface area is 201 Å². The number of ether oxygens (including phenoxy) is 2. The minimum absolute atomic E-state index is 0.0232. The van der Waals surface area contributed by atoms with Crippen molar-refractivity contribution in [3.8, 4) is 11.5 Å². The van der Waals surface area contributed by atoms with Crippen molar-refractivity contribution in [2.45, 2.75) is 57.2 Å². The molecule has 0 aromatic heterocycles. The maximum atomic E-state index is 13.0. The van der Waals surface area contributed by atoms with E-state index in [0.717, 1.165) is 30.0 Å². The number of hydrogen-bond donors (Lipinski definition) is 1. The van der Waals surface area contributed by atoms with Crippen molar-refractivity contribution in [1.82, 2.24) is 20.0 Å². The highest BCUT2D eigenvalue weighted by Crippen LogP contribution is 2.32. The van der Waals surface area contributed by atoms with Crippen LogP contribution in [0.15, 0.2) is 18.2 Å². The van der Waals surface area contributed by atoms with Crippen molar-refractivity contribution in [2.24, 2.45) is 5.92 Å². The van der Waals surface area contributed by atoms with Gasteiger partial charge in [-0.05, 0) is 62.4 Å². The third-order valence-electron chi connectivity index (χ3n) is 7.44. The Morgan fingerprint density at radius 3 is 2.62 bits per heavy atom. The van der Waals surface area contributed by atoms with E-state index in [1.807, 2.05) is 7.05 Å². The number of hydrogen-bond acceptors (Lipinski definition) is 6. The van der Waals surface area contributed by atoms with Crippen LogP contribution in [0.4, 0.5) is 4.79 Å². The zero-order valence-corrected chi connectivity index (χ0v) is 20.4. The summed E-state index contributed by atoms with van der Waals surface area (Å²) in [5, 5.41) is 2.69. The number of rotatable bonds is 8. The van der Waals surface area contributed by atoms with Gasteiger partial charge in [0.1, 0.15) is 6.04 Å². The van der Waals surface area contributed by atoms with E-state index in [2.05, 4.69) is 10.2 Å². The summed E-state index contributed by atoms with van der Waals surface area (Å²) in [6, 6.07) is 4.51. The molecular formula is C25H36N4O5. The molecule has 9 nitrogen and oxygen atoms in total. The highest BCUT2D eigenvalue weighted by molar-refractivity contribution is 6.05. The Morgan fingerprint density at radius 1 is 1.09 bits per heavy atom. The number of urea groups is 1. The number of carbonyl (C=O) groups excluding carboxylic acids is 3. The van der Waals surface area contributed by atoms with Gasteiger partial charge in [-0.2, -0.15) is 0 Å². The fourth-order valence-electron chi connectivity index (χ4n) is 5.60.